The van der Waals surface area contributed by atoms with Crippen molar-refractivity contribution in [3.63, 3.8) is 0 Å². The highest BCUT2D eigenvalue weighted by Crippen LogP contribution is 2.24. The Balaban J connectivity index is 1.53. The minimum absolute atomic E-state index is 0.0530. The van der Waals surface area contributed by atoms with E-state index in [9.17, 15) is 19.7 Å². The highest BCUT2D eigenvalue weighted by molar-refractivity contribution is 6.31. The smallest absolute Gasteiger partial charge is 0.374 e. The lowest BCUT2D eigenvalue weighted by molar-refractivity contribution is -0.384. The van der Waals surface area contributed by atoms with E-state index < -0.39 is 23.4 Å². The Labute approximate surface area is 170 Å². The molecule has 29 heavy (non-hydrogen) atoms. The first-order chi connectivity index (χ1) is 13.9. The molecule has 9 heteroatoms. The molecule has 0 saturated carbocycles. The molecule has 0 saturated heterocycles. The number of nitro groups is 1. The van der Waals surface area contributed by atoms with E-state index in [0.29, 0.717) is 16.3 Å². The number of benzene rings is 2. The molecule has 1 aromatic heterocycles. The molecule has 0 bridgehead atoms. The van der Waals surface area contributed by atoms with Gasteiger partial charge < -0.3 is 14.5 Å². The Bertz CT molecular complexity index is 1050. The van der Waals surface area contributed by atoms with Crippen LogP contribution in [0.15, 0.2) is 65.1 Å². The van der Waals surface area contributed by atoms with Gasteiger partial charge in [0, 0.05) is 29.3 Å². The standard InChI is InChI=1S/C20H15ClN2O6/c21-16-4-2-1-3-14(16)11-22-19(24)12-28-20(25)18-10-9-17(29-18)13-5-7-15(8-6-13)23(26)27/h1-10H,11-12H2,(H,22,24). The van der Waals surface area contributed by atoms with Gasteiger partial charge in [-0.2, -0.15) is 0 Å². The number of carbonyl (C=O) groups excluding carboxylic acids is 2. The van der Waals surface area contributed by atoms with Crippen LogP contribution in [0.4, 0.5) is 5.69 Å². The van der Waals surface area contributed by atoms with Gasteiger partial charge in [0.15, 0.2) is 6.61 Å². The van der Waals surface area contributed by atoms with Crippen molar-refractivity contribution in [3.05, 3.63) is 87.1 Å². The highest BCUT2D eigenvalue weighted by Gasteiger charge is 2.16. The van der Waals surface area contributed by atoms with E-state index in [1.807, 2.05) is 0 Å². The largest absolute Gasteiger partial charge is 0.450 e. The Morgan fingerprint density at radius 3 is 2.48 bits per heavy atom. The molecule has 0 aliphatic heterocycles. The maximum atomic E-state index is 12.1. The summed E-state index contributed by atoms with van der Waals surface area (Å²) in [5.41, 5.74) is 1.25. The monoisotopic (exact) mass is 414 g/mol. The molecule has 148 valence electrons. The second-order valence-electron chi connectivity index (χ2n) is 5.91. The summed E-state index contributed by atoms with van der Waals surface area (Å²) >= 11 is 6.01. The lowest BCUT2D eigenvalue weighted by Gasteiger charge is -2.07. The first kappa shape index (κ1) is 20.1. The molecule has 8 nitrogen and oxygen atoms in total. The van der Waals surface area contributed by atoms with Crippen LogP contribution in [-0.2, 0) is 16.1 Å². The average molecular weight is 415 g/mol. The maximum absolute atomic E-state index is 12.1. The summed E-state index contributed by atoms with van der Waals surface area (Å²) in [6, 6.07) is 15.7. The van der Waals surface area contributed by atoms with Gasteiger partial charge in [0.1, 0.15) is 5.76 Å². The molecule has 0 aliphatic carbocycles. The zero-order valence-corrected chi connectivity index (χ0v) is 15.7. The Morgan fingerprint density at radius 1 is 1.07 bits per heavy atom. The second kappa shape index (κ2) is 9.03. The summed E-state index contributed by atoms with van der Waals surface area (Å²) < 4.78 is 10.4. The fourth-order valence-corrected chi connectivity index (χ4v) is 2.64. The number of amides is 1. The molecular weight excluding hydrogens is 400 g/mol. The molecular formula is C20H15ClN2O6. The number of non-ortho nitro benzene ring substituents is 1. The molecule has 0 spiro atoms. The fourth-order valence-electron chi connectivity index (χ4n) is 2.44. The van der Waals surface area contributed by atoms with Gasteiger partial charge in [-0.05, 0) is 35.9 Å². The number of nitrogens with zero attached hydrogens (tertiary/aromatic N) is 1. The first-order valence-corrected chi connectivity index (χ1v) is 8.84. The van der Waals surface area contributed by atoms with E-state index in [-0.39, 0.29) is 18.0 Å². The summed E-state index contributed by atoms with van der Waals surface area (Å²) in [5, 5.41) is 13.8. The third-order valence-electron chi connectivity index (χ3n) is 3.94. The molecule has 1 amide bonds. The van der Waals surface area contributed by atoms with Crippen LogP contribution in [0.25, 0.3) is 11.3 Å². The molecule has 0 radical (unpaired) electrons. The van der Waals surface area contributed by atoms with Gasteiger partial charge in [0.05, 0.1) is 4.92 Å². The number of nitro benzene ring substituents is 1. The SMILES string of the molecule is O=C(COC(=O)c1ccc(-c2ccc([N+](=O)[O-])cc2)o1)NCc1ccccc1Cl. The van der Waals surface area contributed by atoms with E-state index in [0.717, 1.165) is 5.56 Å². The molecule has 3 aromatic rings. The van der Waals surface area contributed by atoms with Gasteiger partial charge in [0.2, 0.25) is 5.76 Å². The van der Waals surface area contributed by atoms with Crippen molar-refractivity contribution in [2.24, 2.45) is 0 Å². The zero-order valence-electron chi connectivity index (χ0n) is 15.0. The number of carbonyl (C=O) groups is 2. The summed E-state index contributed by atoms with van der Waals surface area (Å²) in [6.45, 7) is -0.266. The van der Waals surface area contributed by atoms with E-state index >= 15 is 0 Å². The molecule has 1 N–H and O–H groups in total. The van der Waals surface area contributed by atoms with Gasteiger partial charge in [-0.1, -0.05) is 29.8 Å². The maximum Gasteiger partial charge on any atom is 0.374 e. The van der Waals surface area contributed by atoms with Crippen molar-refractivity contribution < 1.29 is 23.7 Å². The van der Waals surface area contributed by atoms with Crippen LogP contribution < -0.4 is 5.32 Å². The summed E-state index contributed by atoms with van der Waals surface area (Å²) in [5.74, 6) is -1.03. The van der Waals surface area contributed by atoms with Gasteiger partial charge in [-0.3, -0.25) is 14.9 Å². The minimum atomic E-state index is -0.800. The van der Waals surface area contributed by atoms with E-state index in [1.54, 1.807) is 24.3 Å². The van der Waals surface area contributed by atoms with Gasteiger partial charge in [-0.15, -0.1) is 0 Å². The number of hydrogen-bond donors (Lipinski definition) is 1. The van der Waals surface area contributed by atoms with Gasteiger partial charge >= 0.3 is 5.97 Å². The molecule has 0 unspecified atom stereocenters. The third-order valence-corrected chi connectivity index (χ3v) is 4.31. The van der Waals surface area contributed by atoms with Crippen LogP contribution in [0.5, 0.6) is 0 Å². The number of halogens is 1. The van der Waals surface area contributed by atoms with E-state index in [4.69, 9.17) is 20.8 Å². The molecule has 0 aliphatic rings. The predicted molar refractivity (Wildman–Crippen MR) is 104 cm³/mol. The normalized spacial score (nSPS) is 10.4. The summed E-state index contributed by atoms with van der Waals surface area (Å²) in [6.07, 6.45) is 0. The number of esters is 1. The lowest BCUT2D eigenvalue weighted by atomic mass is 10.1. The van der Waals surface area contributed by atoms with Crippen molar-refractivity contribution in [2.45, 2.75) is 6.54 Å². The number of furan rings is 1. The van der Waals surface area contributed by atoms with Crippen molar-refractivity contribution in [1.29, 1.82) is 0 Å². The van der Waals surface area contributed by atoms with Crippen LogP contribution >= 0.6 is 11.6 Å². The van der Waals surface area contributed by atoms with Crippen molar-refractivity contribution in [1.82, 2.24) is 5.32 Å². The Morgan fingerprint density at radius 2 is 1.79 bits per heavy atom. The molecule has 0 atom stereocenters. The van der Waals surface area contributed by atoms with Crippen molar-refractivity contribution >= 4 is 29.2 Å². The molecule has 3 rings (SSSR count). The topological polar surface area (TPSA) is 112 Å². The third kappa shape index (κ3) is 5.20. The number of ether oxygens (including phenoxy) is 1. The minimum Gasteiger partial charge on any atom is -0.450 e. The van der Waals surface area contributed by atoms with E-state index in [1.165, 1.54) is 36.4 Å². The molecule has 0 fully saturated rings. The Kier molecular flexibility index (Phi) is 6.25. The van der Waals surface area contributed by atoms with Crippen molar-refractivity contribution in [3.8, 4) is 11.3 Å². The number of nitrogens with one attached hydrogen (secondary N) is 1. The zero-order chi connectivity index (χ0) is 20.8. The molecule has 1 heterocycles. The summed E-state index contributed by atoms with van der Waals surface area (Å²) in [7, 11) is 0. The predicted octanol–water partition coefficient (Wildman–Crippen LogP) is 3.98. The van der Waals surface area contributed by atoms with Crippen LogP contribution in [0.3, 0.4) is 0 Å². The lowest BCUT2D eigenvalue weighted by Crippen LogP contribution is -2.28. The number of hydrogen-bond acceptors (Lipinski definition) is 6. The average Bonchev–Trinajstić information content (AvgIpc) is 3.22. The Hall–Kier alpha value is -3.65. The molecule has 2 aromatic carbocycles. The number of rotatable bonds is 7. The van der Waals surface area contributed by atoms with Gasteiger partial charge in [0.25, 0.3) is 11.6 Å². The van der Waals surface area contributed by atoms with Crippen LogP contribution in [0, 0.1) is 10.1 Å². The fraction of sp³-hybridized carbons (Fsp3) is 0.100. The second-order valence-corrected chi connectivity index (χ2v) is 6.32. The quantitative estimate of drug-likeness (QED) is 0.355. The van der Waals surface area contributed by atoms with Gasteiger partial charge in [-0.25, -0.2) is 4.79 Å². The van der Waals surface area contributed by atoms with Crippen molar-refractivity contribution in [2.75, 3.05) is 6.61 Å². The van der Waals surface area contributed by atoms with Crippen LogP contribution in [0.1, 0.15) is 16.1 Å². The highest BCUT2D eigenvalue weighted by atomic mass is 35.5. The van der Waals surface area contributed by atoms with Crippen LogP contribution in [0.2, 0.25) is 5.02 Å². The first-order valence-electron chi connectivity index (χ1n) is 8.46. The van der Waals surface area contributed by atoms with Crippen LogP contribution in [-0.4, -0.2) is 23.4 Å². The summed E-state index contributed by atoms with van der Waals surface area (Å²) in [4.78, 5) is 34.1. The van der Waals surface area contributed by atoms with E-state index in [2.05, 4.69) is 5.32 Å².